The molecule has 0 aliphatic carbocycles. The van der Waals surface area contributed by atoms with E-state index in [0.29, 0.717) is 30.8 Å². The van der Waals surface area contributed by atoms with E-state index in [0.717, 1.165) is 24.0 Å². The SMILES string of the molecule is CCCCN(Cc1ccccc1)C(=O)C(CC(=O)O)NC(=O)CC1CC(c2ccc(C(=N)N)cc2)=NO1. The maximum absolute atomic E-state index is 13.3. The second kappa shape index (κ2) is 13.2. The number of rotatable bonds is 13. The summed E-state index contributed by atoms with van der Waals surface area (Å²) in [4.78, 5) is 44.7. The van der Waals surface area contributed by atoms with Gasteiger partial charge in [-0.3, -0.25) is 19.8 Å². The molecule has 1 aliphatic rings. The fourth-order valence-electron chi connectivity index (χ4n) is 4.03. The van der Waals surface area contributed by atoms with Gasteiger partial charge in [0, 0.05) is 25.1 Å². The van der Waals surface area contributed by atoms with Gasteiger partial charge in [-0.25, -0.2) is 0 Å². The second-order valence-corrected chi connectivity index (χ2v) is 8.98. The summed E-state index contributed by atoms with van der Waals surface area (Å²) < 4.78 is 0. The normalized spacial score (nSPS) is 15.3. The molecule has 0 radical (unpaired) electrons. The third kappa shape index (κ3) is 8.16. The second-order valence-electron chi connectivity index (χ2n) is 8.98. The van der Waals surface area contributed by atoms with E-state index in [1.54, 1.807) is 29.2 Å². The predicted octanol–water partition coefficient (Wildman–Crippen LogP) is 2.64. The van der Waals surface area contributed by atoms with E-state index in [4.69, 9.17) is 16.0 Å². The molecule has 0 saturated carbocycles. The van der Waals surface area contributed by atoms with Crippen molar-refractivity contribution in [2.24, 2.45) is 10.9 Å². The van der Waals surface area contributed by atoms with Crippen LogP contribution in [0.5, 0.6) is 0 Å². The van der Waals surface area contributed by atoms with E-state index in [2.05, 4.69) is 10.5 Å². The summed E-state index contributed by atoms with van der Waals surface area (Å²) in [5, 5.41) is 23.6. The molecule has 37 heavy (non-hydrogen) atoms. The highest BCUT2D eigenvalue weighted by atomic mass is 16.6. The van der Waals surface area contributed by atoms with Gasteiger partial charge < -0.3 is 25.9 Å². The Morgan fingerprint density at radius 1 is 1.19 bits per heavy atom. The first-order chi connectivity index (χ1) is 17.8. The first kappa shape index (κ1) is 27.4. The quantitative estimate of drug-likeness (QED) is 0.241. The van der Waals surface area contributed by atoms with Gasteiger partial charge in [-0.15, -0.1) is 0 Å². The van der Waals surface area contributed by atoms with Gasteiger partial charge in [-0.05, 0) is 17.5 Å². The number of nitrogens with zero attached hydrogens (tertiary/aromatic N) is 2. The topological polar surface area (TPSA) is 158 Å². The molecule has 2 unspecified atom stereocenters. The van der Waals surface area contributed by atoms with E-state index in [1.165, 1.54) is 0 Å². The number of unbranched alkanes of at least 4 members (excludes halogenated alkanes) is 1. The van der Waals surface area contributed by atoms with Crippen molar-refractivity contribution in [1.82, 2.24) is 10.2 Å². The van der Waals surface area contributed by atoms with E-state index in [-0.39, 0.29) is 12.3 Å². The molecule has 3 rings (SSSR count). The van der Waals surface area contributed by atoms with Gasteiger partial charge in [0.1, 0.15) is 18.0 Å². The number of carboxylic acids is 1. The molecule has 0 saturated heterocycles. The van der Waals surface area contributed by atoms with Gasteiger partial charge in [-0.2, -0.15) is 0 Å². The van der Waals surface area contributed by atoms with Gasteiger partial charge in [0.05, 0.1) is 18.6 Å². The number of nitrogen functional groups attached to an aromatic ring is 1. The van der Waals surface area contributed by atoms with Crippen LogP contribution in [0.15, 0.2) is 59.8 Å². The highest BCUT2D eigenvalue weighted by molar-refractivity contribution is 6.03. The number of amidine groups is 1. The fraction of sp³-hybridized carbons (Fsp3) is 0.370. The van der Waals surface area contributed by atoms with Crippen LogP contribution >= 0.6 is 0 Å². The number of nitrogens with one attached hydrogen (secondary N) is 2. The van der Waals surface area contributed by atoms with Crippen molar-refractivity contribution >= 4 is 29.3 Å². The van der Waals surface area contributed by atoms with Crippen LogP contribution in [0, 0.1) is 5.41 Å². The fourth-order valence-corrected chi connectivity index (χ4v) is 4.03. The number of carbonyl (C=O) groups is 3. The number of hydrogen-bond donors (Lipinski definition) is 4. The Balaban J connectivity index is 1.61. The first-order valence-electron chi connectivity index (χ1n) is 12.3. The highest BCUT2D eigenvalue weighted by Crippen LogP contribution is 2.20. The number of aliphatic carboxylic acids is 1. The molecule has 10 nitrogen and oxygen atoms in total. The van der Waals surface area contributed by atoms with Crippen LogP contribution in [-0.4, -0.2) is 58.0 Å². The maximum Gasteiger partial charge on any atom is 0.305 e. The van der Waals surface area contributed by atoms with Gasteiger partial charge in [0.15, 0.2) is 0 Å². The Morgan fingerprint density at radius 3 is 2.51 bits per heavy atom. The predicted molar refractivity (Wildman–Crippen MR) is 139 cm³/mol. The zero-order valence-corrected chi connectivity index (χ0v) is 20.9. The standard InChI is InChI=1S/C27H33N5O5/c1-2-3-13-32(17-18-7-5-4-6-8-18)27(36)23(16-25(34)35)30-24(33)15-21-14-22(31-37-21)19-9-11-20(12-10-19)26(28)29/h4-12,21,23H,2-3,13-17H2,1H3,(H3,28,29)(H,30,33)(H,34,35). The summed E-state index contributed by atoms with van der Waals surface area (Å²) in [6, 6.07) is 15.2. The molecule has 196 valence electrons. The van der Waals surface area contributed by atoms with Crippen LogP contribution in [0.3, 0.4) is 0 Å². The van der Waals surface area contributed by atoms with Crippen molar-refractivity contribution in [2.75, 3.05) is 6.54 Å². The molecule has 0 aromatic heterocycles. The first-order valence-corrected chi connectivity index (χ1v) is 12.3. The Kier molecular flexibility index (Phi) is 9.76. The summed E-state index contributed by atoms with van der Waals surface area (Å²) in [7, 11) is 0. The number of oxime groups is 1. The largest absolute Gasteiger partial charge is 0.481 e. The minimum Gasteiger partial charge on any atom is -0.481 e. The summed E-state index contributed by atoms with van der Waals surface area (Å²) in [5.74, 6) is -2.12. The average molecular weight is 508 g/mol. The molecule has 1 heterocycles. The zero-order chi connectivity index (χ0) is 26.8. The Labute approximate surface area is 216 Å². The summed E-state index contributed by atoms with van der Waals surface area (Å²) in [6.45, 7) is 2.80. The monoisotopic (exact) mass is 507 g/mol. The minimum absolute atomic E-state index is 0.0341. The third-order valence-electron chi connectivity index (χ3n) is 6.00. The minimum atomic E-state index is -1.19. The molecule has 0 spiro atoms. The van der Waals surface area contributed by atoms with Crippen molar-refractivity contribution in [3.63, 3.8) is 0 Å². The molecule has 5 N–H and O–H groups in total. The molecule has 2 aromatic carbocycles. The number of carboxylic acid groups (broad SMARTS) is 1. The van der Waals surface area contributed by atoms with Gasteiger partial charge >= 0.3 is 5.97 Å². The maximum atomic E-state index is 13.3. The smallest absolute Gasteiger partial charge is 0.305 e. The average Bonchev–Trinajstić information content (AvgIpc) is 3.34. The number of benzene rings is 2. The highest BCUT2D eigenvalue weighted by Gasteiger charge is 2.31. The van der Waals surface area contributed by atoms with Gasteiger partial charge in [-0.1, -0.05) is 73.1 Å². The summed E-state index contributed by atoms with van der Waals surface area (Å²) >= 11 is 0. The van der Waals surface area contributed by atoms with Gasteiger partial charge in [0.2, 0.25) is 11.8 Å². The zero-order valence-electron chi connectivity index (χ0n) is 20.9. The number of carbonyl (C=O) groups excluding carboxylic acids is 2. The van der Waals surface area contributed by atoms with E-state index >= 15 is 0 Å². The van der Waals surface area contributed by atoms with E-state index in [9.17, 15) is 19.5 Å². The number of hydrogen-bond acceptors (Lipinski definition) is 6. The molecule has 2 amide bonds. The number of nitrogens with two attached hydrogens (primary N) is 1. The Hall–Kier alpha value is -4.21. The van der Waals surface area contributed by atoms with E-state index in [1.807, 2.05) is 37.3 Å². The molecule has 1 aliphatic heterocycles. The van der Waals surface area contributed by atoms with Crippen LogP contribution in [-0.2, 0) is 25.8 Å². The molecule has 0 fully saturated rings. The van der Waals surface area contributed by atoms with Crippen molar-refractivity contribution in [3.8, 4) is 0 Å². The lowest BCUT2D eigenvalue weighted by molar-refractivity contribution is -0.144. The van der Waals surface area contributed by atoms with Crippen molar-refractivity contribution in [1.29, 1.82) is 5.41 Å². The summed E-state index contributed by atoms with van der Waals surface area (Å²) in [6.07, 6.45) is 0.876. The van der Waals surface area contributed by atoms with Gasteiger partial charge in [0.25, 0.3) is 0 Å². The lowest BCUT2D eigenvalue weighted by atomic mass is 10.0. The molecular formula is C27H33N5O5. The lowest BCUT2D eigenvalue weighted by Crippen LogP contribution is -2.50. The molecule has 0 bridgehead atoms. The number of amides is 2. The van der Waals surface area contributed by atoms with Crippen molar-refractivity contribution in [2.45, 2.75) is 57.7 Å². The van der Waals surface area contributed by atoms with Crippen LogP contribution in [0.25, 0.3) is 0 Å². The van der Waals surface area contributed by atoms with E-state index < -0.39 is 36.4 Å². The molecular weight excluding hydrogens is 474 g/mol. The summed E-state index contributed by atoms with van der Waals surface area (Å²) in [5.41, 5.74) is 8.44. The molecule has 2 atom stereocenters. The van der Waals surface area contributed by atoms with Crippen LogP contribution < -0.4 is 11.1 Å². The Bertz CT molecular complexity index is 1130. The van der Waals surface area contributed by atoms with Crippen LogP contribution in [0.2, 0.25) is 0 Å². The van der Waals surface area contributed by atoms with Crippen molar-refractivity contribution in [3.05, 3.63) is 71.3 Å². The Morgan fingerprint density at radius 2 is 1.89 bits per heavy atom. The molecule has 2 aromatic rings. The van der Waals surface area contributed by atoms with Crippen molar-refractivity contribution < 1.29 is 24.3 Å². The molecule has 10 heteroatoms. The van der Waals surface area contributed by atoms with Crippen LogP contribution in [0.1, 0.15) is 55.7 Å². The lowest BCUT2D eigenvalue weighted by Gasteiger charge is -2.27. The van der Waals surface area contributed by atoms with Crippen LogP contribution in [0.4, 0.5) is 0 Å². The third-order valence-corrected chi connectivity index (χ3v) is 6.00.